The Hall–Kier alpha value is -0.0551. The monoisotopic (exact) mass is 381 g/mol. The van der Waals surface area contributed by atoms with Gasteiger partial charge in [0.05, 0.1) is 18.3 Å². The maximum Gasteiger partial charge on any atom is 0.149 e. The Morgan fingerprint density at radius 2 is 1.52 bits per heavy atom. The van der Waals surface area contributed by atoms with E-state index in [0.717, 1.165) is 32.0 Å². The van der Waals surface area contributed by atoms with Crippen molar-refractivity contribution >= 4 is 7.28 Å². The van der Waals surface area contributed by atoms with Crippen LogP contribution < -0.4 is 0 Å². The number of ether oxygens (including phenoxy) is 2. The Bertz CT molecular complexity index is 353. The fraction of sp³-hybridized carbons (Fsp3) is 1.00. The van der Waals surface area contributed by atoms with Crippen LogP contribution in [0.1, 0.15) is 111 Å². The molecule has 1 saturated heterocycles. The standard InChI is InChI=1S/C23H46BO3/c1-5-8-10-12-14-16-23(4,15-13-11-9-6-2)26-19-21-20(25)18-22(27-21)24-17-7-3/h20-22,25H,5-19H2,1-4H3. The topological polar surface area (TPSA) is 38.7 Å². The first-order chi connectivity index (χ1) is 13.0. The first-order valence-electron chi connectivity index (χ1n) is 11.9. The fourth-order valence-corrected chi connectivity index (χ4v) is 4.00. The Kier molecular flexibility index (Phi) is 13.8. The van der Waals surface area contributed by atoms with E-state index >= 15 is 0 Å². The van der Waals surface area contributed by atoms with Crippen molar-refractivity contribution in [2.45, 2.75) is 141 Å². The van der Waals surface area contributed by atoms with Gasteiger partial charge in [-0.1, -0.05) is 91.3 Å². The number of aliphatic hydroxyl groups is 1. The summed E-state index contributed by atoms with van der Waals surface area (Å²) in [6.07, 6.45) is 16.2. The highest BCUT2D eigenvalue weighted by atomic mass is 16.6. The Morgan fingerprint density at radius 1 is 0.926 bits per heavy atom. The summed E-state index contributed by atoms with van der Waals surface area (Å²) in [6.45, 7) is 9.50. The molecule has 1 rings (SSSR count). The van der Waals surface area contributed by atoms with Crippen LogP contribution in [0, 0.1) is 0 Å². The Balaban J connectivity index is 2.43. The molecular weight excluding hydrogens is 335 g/mol. The van der Waals surface area contributed by atoms with E-state index in [2.05, 4.69) is 35.0 Å². The van der Waals surface area contributed by atoms with Crippen molar-refractivity contribution < 1.29 is 14.6 Å². The zero-order chi connectivity index (χ0) is 20.0. The zero-order valence-electron chi connectivity index (χ0n) is 18.7. The first kappa shape index (κ1) is 25.0. The first-order valence-corrected chi connectivity index (χ1v) is 11.9. The minimum atomic E-state index is -0.392. The van der Waals surface area contributed by atoms with Gasteiger partial charge in [-0.25, -0.2) is 0 Å². The number of rotatable bonds is 17. The molecule has 3 nitrogen and oxygen atoms in total. The molecule has 0 saturated carbocycles. The lowest BCUT2D eigenvalue weighted by molar-refractivity contribution is -0.103. The van der Waals surface area contributed by atoms with E-state index in [1.807, 2.05) is 0 Å². The molecule has 1 N–H and O–H groups in total. The highest BCUT2D eigenvalue weighted by Gasteiger charge is 2.35. The van der Waals surface area contributed by atoms with Crippen LogP contribution in [0.25, 0.3) is 0 Å². The van der Waals surface area contributed by atoms with Crippen LogP contribution in [-0.2, 0) is 9.47 Å². The van der Waals surface area contributed by atoms with Gasteiger partial charge in [0, 0.05) is 6.00 Å². The molecule has 0 aliphatic carbocycles. The van der Waals surface area contributed by atoms with Gasteiger partial charge >= 0.3 is 0 Å². The summed E-state index contributed by atoms with van der Waals surface area (Å²) in [6, 6.07) is 0.0957. The summed E-state index contributed by atoms with van der Waals surface area (Å²) < 4.78 is 12.5. The molecule has 1 fully saturated rings. The lowest BCUT2D eigenvalue weighted by atomic mass is 9.66. The van der Waals surface area contributed by atoms with Crippen LogP contribution in [-0.4, -0.2) is 42.8 Å². The van der Waals surface area contributed by atoms with Crippen LogP contribution >= 0.6 is 0 Å². The molecule has 4 atom stereocenters. The SMILES string of the molecule is CCC[B]C1CC(O)C(COC(C)(CCCCCC)CCCCCCC)O1. The lowest BCUT2D eigenvalue weighted by Gasteiger charge is -2.32. The summed E-state index contributed by atoms with van der Waals surface area (Å²) in [4.78, 5) is 0. The van der Waals surface area contributed by atoms with Crippen molar-refractivity contribution in [3.8, 4) is 0 Å². The molecule has 1 aliphatic rings. The molecule has 159 valence electrons. The van der Waals surface area contributed by atoms with Gasteiger partial charge in [-0.15, -0.1) is 0 Å². The summed E-state index contributed by atoms with van der Waals surface area (Å²) in [5, 5.41) is 10.3. The van der Waals surface area contributed by atoms with E-state index in [9.17, 15) is 5.11 Å². The van der Waals surface area contributed by atoms with E-state index < -0.39 is 6.10 Å². The van der Waals surface area contributed by atoms with Crippen LogP contribution in [0.4, 0.5) is 0 Å². The molecule has 1 radical (unpaired) electrons. The molecule has 1 aliphatic heterocycles. The quantitative estimate of drug-likeness (QED) is 0.244. The van der Waals surface area contributed by atoms with Crippen molar-refractivity contribution in [2.75, 3.05) is 6.61 Å². The smallest absolute Gasteiger partial charge is 0.149 e. The van der Waals surface area contributed by atoms with Gasteiger partial charge in [-0.3, -0.25) is 0 Å². The molecule has 27 heavy (non-hydrogen) atoms. The van der Waals surface area contributed by atoms with Gasteiger partial charge in [0.2, 0.25) is 0 Å². The maximum atomic E-state index is 10.3. The van der Waals surface area contributed by atoms with Crippen LogP contribution in [0.5, 0.6) is 0 Å². The average molecular weight is 381 g/mol. The van der Waals surface area contributed by atoms with Crippen LogP contribution in [0.15, 0.2) is 0 Å². The summed E-state index contributed by atoms with van der Waals surface area (Å²) >= 11 is 0. The van der Waals surface area contributed by atoms with Gasteiger partial charge in [0.1, 0.15) is 13.4 Å². The predicted octanol–water partition coefficient (Wildman–Crippen LogP) is 6.10. The summed E-state index contributed by atoms with van der Waals surface area (Å²) in [5.74, 6) is 0. The molecule has 4 unspecified atom stereocenters. The molecule has 0 aromatic heterocycles. The molecule has 0 aromatic rings. The molecule has 0 bridgehead atoms. The largest absolute Gasteiger partial charge is 0.390 e. The highest BCUT2D eigenvalue weighted by molar-refractivity contribution is 6.37. The number of hydrogen-bond donors (Lipinski definition) is 1. The van der Waals surface area contributed by atoms with Gasteiger partial charge < -0.3 is 14.6 Å². The second-order valence-electron chi connectivity index (χ2n) is 8.78. The molecular formula is C23H46BO3. The van der Waals surface area contributed by atoms with Gasteiger partial charge in [-0.05, 0) is 26.2 Å². The lowest BCUT2D eigenvalue weighted by Crippen LogP contribution is -2.36. The molecule has 4 heteroatoms. The Morgan fingerprint density at radius 3 is 2.11 bits per heavy atom. The van der Waals surface area contributed by atoms with E-state index in [0.29, 0.717) is 6.61 Å². The van der Waals surface area contributed by atoms with Crippen LogP contribution in [0.2, 0.25) is 6.32 Å². The zero-order valence-corrected chi connectivity index (χ0v) is 18.7. The van der Waals surface area contributed by atoms with Crippen molar-refractivity contribution in [3.05, 3.63) is 0 Å². The number of unbranched alkanes of at least 4 members (excludes halogenated alkanes) is 7. The second kappa shape index (κ2) is 14.9. The third-order valence-electron chi connectivity index (χ3n) is 5.94. The molecule has 0 aromatic carbocycles. The van der Waals surface area contributed by atoms with Crippen molar-refractivity contribution in [1.82, 2.24) is 0 Å². The van der Waals surface area contributed by atoms with Gasteiger partial charge in [0.15, 0.2) is 0 Å². The third kappa shape index (κ3) is 10.9. The third-order valence-corrected chi connectivity index (χ3v) is 5.94. The average Bonchev–Trinajstić information content (AvgIpc) is 3.02. The van der Waals surface area contributed by atoms with Crippen molar-refractivity contribution in [3.63, 3.8) is 0 Å². The maximum absolute atomic E-state index is 10.3. The number of hydrogen-bond acceptors (Lipinski definition) is 3. The molecule has 0 amide bonds. The van der Waals surface area contributed by atoms with Crippen molar-refractivity contribution in [1.29, 1.82) is 0 Å². The van der Waals surface area contributed by atoms with E-state index in [1.165, 1.54) is 57.8 Å². The molecule has 1 heterocycles. The minimum absolute atomic E-state index is 0.0751. The fourth-order valence-electron chi connectivity index (χ4n) is 4.00. The highest BCUT2D eigenvalue weighted by Crippen LogP contribution is 2.29. The number of aliphatic hydroxyl groups excluding tert-OH is 1. The van der Waals surface area contributed by atoms with Crippen molar-refractivity contribution in [2.24, 2.45) is 0 Å². The van der Waals surface area contributed by atoms with Gasteiger partial charge in [0.25, 0.3) is 0 Å². The molecule has 0 spiro atoms. The normalized spacial score (nSPS) is 24.9. The van der Waals surface area contributed by atoms with E-state index in [-0.39, 0.29) is 17.7 Å². The van der Waals surface area contributed by atoms with Crippen LogP contribution in [0.3, 0.4) is 0 Å². The minimum Gasteiger partial charge on any atom is -0.390 e. The van der Waals surface area contributed by atoms with E-state index in [1.54, 1.807) is 0 Å². The Labute approximate surface area is 170 Å². The second-order valence-corrected chi connectivity index (χ2v) is 8.78. The van der Waals surface area contributed by atoms with Gasteiger partial charge in [-0.2, -0.15) is 0 Å². The predicted molar refractivity (Wildman–Crippen MR) is 117 cm³/mol. The summed E-state index contributed by atoms with van der Waals surface area (Å²) in [5.41, 5.74) is -0.0751. The summed E-state index contributed by atoms with van der Waals surface area (Å²) in [7, 11) is 2.21. The van der Waals surface area contributed by atoms with E-state index in [4.69, 9.17) is 9.47 Å².